The standard InChI is InChI=1S/C13H16ClFN2O/c1-9-5-7-17(8-6-16-9)13(18)12-10(14)3-2-4-11(12)15/h2-4,9,16H,5-8H2,1H3. The number of carbonyl (C=O) groups excluding carboxylic acids is 1. The van der Waals surface area contributed by atoms with Gasteiger partial charge in [-0.1, -0.05) is 17.7 Å². The first-order valence-corrected chi connectivity index (χ1v) is 6.44. The van der Waals surface area contributed by atoms with Gasteiger partial charge in [-0.05, 0) is 25.5 Å². The van der Waals surface area contributed by atoms with Crippen LogP contribution in [0.25, 0.3) is 0 Å². The summed E-state index contributed by atoms with van der Waals surface area (Å²) in [6, 6.07) is 4.67. The van der Waals surface area contributed by atoms with Crippen LogP contribution in [0.5, 0.6) is 0 Å². The Morgan fingerprint density at radius 2 is 2.28 bits per heavy atom. The van der Waals surface area contributed by atoms with E-state index in [1.54, 1.807) is 4.90 Å². The van der Waals surface area contributed by atoms with Crippen molar-refractivity contribution < 1.29 is 9.18 Å². The van der Waals surface area contributed by atoms with Gasteiger partial charge in [0.15, 0.2) is 0 Å². The lowest BCUT2D eigenvalue weighted by Gasteiger charge is -2.20. The van der Waals surface area contributed by atoms with Crippen LogP contribution in [0.4, 0.5) is 4.39 Å². The molecule has 1 atom stereocenters. The van der Waals surface area contributed by atoms with Crippen molar-refractivity contribution in [2.75, 3.05) is 19.6 Å². The van der Waals surface area contributed by atoms with Crippen LogP contribution in [0.1, 0.15) is 23.7 Å². The molecule has 3 nitrogen and oxygen atoms in total. The first kappa shape index (κ1) is 13.3. The highest BCUT2D eigenvalue weighted by Crippen LogP contribution is 2.21. The fourth-order valence-corrected chi connectivity index (χ4v) is 2.32. The minimum Gasteiger partial charge on any atom is -0.337 e. The molecule has 0 aromatic heterocycles. The van der Waals surface area contributed by atoms with Gasteiger partial charge in [0.25, 0.3) is 5.91 Å². The molecule has 1 heterocycles. The predicted molar refractivity (Wildman–Crippen MR) is 69.4 cm³/mol. The van der Waals surface area contributed by atoms with E-state index in [0.717, 1.165) is 13.0 Å². The summed E-state index contributed by atoms with van der Waals surface area (Å²) in [6.45, 7) is 3.99. The number of nitrogens with one attached hydrogen (secondary N) is 1. The number of benzene rings is 1. The molecule has 0 spiro atoms. The number of halogens is 2. The lowest BCUT2D eigenvalue weighted by Crippen LogP contribution is -2.35. The number of rotatable bonds is 1. The van der Waals surface area contributed by atoms with Crippen LogP contribution in [0.2, 0.25) is 5.02 Å². The Hall–Kier alpha value is -1.13. The number of carbonyl (C=O) groups is 1. The second-order valence-electron chi connectivity index (χ2n) is 4.53. The van der Waals surface area contributed by atoms with E-state index in [4.69, 9.17) is 11.6 Å². The summed E-state index contributed by atoms with van der Waals surface area (Å²) in [6.07, 6.45) is 0.859. The molecule has 98 valence electrons. The summed E-state index contributed by atoms with van der Waals surface area (Å²) in [5.41, 5.74) is -0.0197. The van der Waals surface area contributed by atoms with Gasteiger partial charge in [0, 0.05) is 25.7 Å². The van der Waals surface area contributed by atoms with Gasteiger partial charge in [-0.25, -0.2) is 4.39 Å². The summed E-state index contributed by atoms with van der Waals surface area (Å²) >= 11 is 5.91. The van der Waals surface area contributed by atoms with Gasteiger partial charge in [0.05, 0.1) is 10.6 Å². The Bertz CT molecular complexity index is 432. The zero-order chi connectivity index (χ0) is 13.1. The molecule has 1 amide bonds. The van der Waals surface area contributed by atoms with E-state index in [2.05, 4.69) is 12.2 Å². The van der Waals surface area contributed by atoms with E-state index in [1.165, 1.54) is 18.2 Å². The van der Waals surface area contributed by atoms with Gasteiger partial charge < -0.3 is 10.2 Å². The molecule has 1 unspecified atom stereocenters. The molecule has 0 radical (unpaired) electrons. The molecule has 1 aliphatic heterocycles. The van der Waals surface area contributed by atoms with Crippen molar-refractivity contribution in [2.24, 2.45) is 0 Å². The average Bonchev–Trinajstić information content (AvgIpc) is 2.53. The molecule has 0 bridgehead atoms. The van der Waals surface area contributed by atoms with E-state index < -0.39 is 5.82 Å². The van der Waals surface area contributed by atoms with Gasteiger partial charge in [-0.15, -0.1) is 0 Å². The molecular formula is C13H16ClFN2O. The molecule has 1 aliphatic rings. The Morgan fingerprint density at radius 3 is 3.00 bits per heavy atom. The van der Waals surface area contributed by atoms with E-state index >= 15 is 0 Å². The highest BCUT2D eigenvalue weighted by Gasteiger charge is 2.23. The average molecular weight is 271 g/mol. The van der Waals surface area contributed by atoms with Gasteiger partial charge >= 0.3 is 0 Å². The zero-order valence-electron chi connectivity index (χ0n) is 10.2. The van der Waals surface area contributed by atoms with Crippen LogP contribution in [-0.4, -0.2) is 36.5 Å². The molecule has 18 heavy (non-hydrogen) atoms. The lowest BCUT2D eigenvalue weighted by atomic mass is 10.1. The highest BCUT2D eigenvalue weighted by atomic mass is 35.5. The van der Waals surface area contributed by atoms with E-state index in [-0.39, 0.29) is 16.5 Å². The fourth-order valence-electron chi connectivity index (χ4n) is 2.07. The predicted octanol–water partition coefficient (Wildman–Crippen LogP) is 2.30. The van der Waals surface area contributed by atoms with Crippen LogP contribution < -0.4 is 5.32 Å². The number of hydrogen-bond acceptors (Lipinski definition) is 2. The van der Waals surface area contributed by atoms with Gasteiger partial charge in [-0.3, -0.25) is 4.79 Å². The molecule has 0 aliphatic carbocycles. The highest BCUT2D eigenvalue weighted by molar-refractivity contribution is 6.33. The molecule has 1 aromatic rings. The topological polar surface area (TPSA) is 32.3 Å². The lowest BCUT2D eigenvalue weighted by molar-refractivity contribution is 0.0761. The van der Waals surface area contributed by atoms with Crippen LogP contribution >= 0.6 is 11.6 Å². The van der Waals surface area contributed by atoms with Crippen LogP contribution in [0.15, 0.2) is 18.2 Å². The number of hydrogen-bond donors (Lipinski definition) is 1. The molecule has 1 N–H and O–H groups in total. The SMILES string of the molecule is CC1CCN(C(=O)c2c(F)cccc2Cl)CCN1. The Balaban J connectivity index is 2.20. The molecule has 1 fully saturated rings. The summed E-state index contributed by atoms with van der Waals surface area (Å²) in [4.78, 5) is 13.9. The largest absolute Gasteiger partial charge is 0.337 e. The summed E-state index contributed by atoms with van der Waals surface area (Å²) in [5.74, 6) is -0.883. The molecule has 5 heteroatoms. The van der Waals surface area contributed by atoms with Gasteiger partial charge in [-0.2, -0.15) is 0 Å². The normalized spacial score (nSPS) is 20.6. The molecule has 1 aromatic carbocycles. The van der Waals surface area contributed by atoms with Crippen molar-refractivity contribution in [1.82, 2.24) is 10.2 Å². The third kappa shape index (κ3) is 2.82. The van der Waals surface area contributed by atoms with Crippen molar-refractivity contribution in [3.63, 3.8) is 0 Å². The van der Waals surface area contributed by atoms with Crippen molar-refractivity contribution >= 4 is 17.5 Å². The Kier molecular flexibility index (Phi) is 4.19. The maximum Gasteiger partial charge on any atom is 0.258 e. The Morgan fingerprint density at radius 1 is 1.50 bits per heavy atom. The van der Waals surface area contributed by atoms with Gasteiger partial charge in [0.2, 0.25) is 0 Å². The summed E-state index contributed by atoms with van der Waals surface area (Å²) in [5, 5.41) is 3.46. The second kappa shape index (κ2) is 5.67. The van der Waals surface area contributed by atoms with Gasteiger partial charge in [0.1, 0.15) is 5.82 Å². The van der Waals surface area contributed by atoms with E-state index in [9.17, 15) is 9.18 Å². The number of amides is 1. The van der Waals surface area contributed by atoms with Crippen molar-refractivity contribution in [1.29, 1.82) is 0 Å². The van der Waals surface area contributed by atoms with Crippen LogP contribution in [0.3, 0.4) is 0 Å². The second-order valence-corrected chi connectivity index (χ2v) is 4.94. The molecule has 0 saturated carbocycles. The van der Waals surface area contributed by atoms with Crippen molar-refractivity contribution in [3.8, 4) is 0 Å². The quantitative estimate of drug-likeness (QED) is 0.849. The summed E-state index contributed by atoms with van der Waals surface area (Å²) in [7, 11) is 0. The Labute approximate surface area is 111 Å². The monoisotopic (exact) mass is 270 g/mol. The van der Waals surface area contributed by atoms with Crippen LogP contribution in [-0.2, 0) is 0 Å². The maximum absolute atomic E-state index is 13.7. The third-order valence-electron chi connectivity index (χ3n) is 3.17. The fraction of sp³-hybridized carbons (Fsp3) is 0.462. The zero-order valence-corrected chi connectivity index (χ0v) is 11.0. The maximum atomic E-state index is 13.7. The molecule has 2 rings (SSSR count). The first-order chi connectivity index (χ1) is 8.59. The minimum absolute atomic E-state index is 0.0197. The number of nitrogens with zero attached hydrogens (tertiary/aromatic N) is 1. The third-order valence-corrected chi connectivity index (χ3v) is 3.49. The van der Waals surface area contributed by atoms with Crippen molar-refractivity contribution in [3.05, 3.63) is 34.6 Å². The van der Waals surface area contributed by atoms with Crippen molar-refractivity contribution in [2.45, 2.75) is 19.4 Å². The first-order valence-electron chi connectivity index (χ1n) is 6.06. The van der Waals surface area contributed by atoms with E-state index in [1.807, 2.05) is 0 Å². The van der Waals surface area contributed by atoms with Crippen LogP contribution in [0, 0.1) is 5.82 Å². The smallest absolute Gasteiger partial charge is 0.258 e. The summed E-state index contributed by atoms with van der Waals surface area (Å²) < 4.78 is 13.7. The molecular weight excluding hydrogens is 255 g/mol. The minimum atomic E-state index is -0.558. The van der Waals surface area contributed by atoms with E-state index in [0.29, 0.717) is 19.1 Å². The molecule has 1 saturated heterocycles.